The summed E-state index contributed by atoms with van der Waals surface area (Å²) in [5.41, 5.74) is 2.61. The zero-order chi connectivity index (χ0) is 27.9. The molecule has 2 aromatic rings. The predicted octanol–water partition coefficient (Wildman–Crippen LogP) is 3.04. The first-order valence-corrected chi connectivity index (χ1v) is 12.9. The Morgan fingerprint density at radius 2 is 1.95 bits per heavy atom. The van der Waals surface area contributed by atoms with Gasteiger partial charge in [0.2, 0.25) is 5.91 Å². The standard InChI is InChI=1S/C28H34FN7O3/c1-18-12-31-25(21-13-32-35(3)15-21)10-19(2)30-14-23(18)28(39)34-26-11-22(4-5-24(26)29)33-27(38)16-36-8-6-20(17-37)7-9-36/h4-5,10-15,19-20,37H,6-9,16-17H2,1-3H3,(H,33,38)(H,34,39)/b23-18-,25-10-,30-14?,31-12-. The van der Waals surface area contributed by atoms with Crippen LogP contribution in [0.3, 0.4) is 0 Å². The predicted molar refractivity (Wildman–Crippen MR) is 150 cm³/mol. The maximum Gasteiger partial charge on any atom is 0.257 e. The number of aliphatic imine (C=N–C) groups is 2. The molecule has 0 saturated carbocycles. The van der Waals surface area contributed by atoms with Gasteiger partial charge in [-0.1, -0.05) is 0 Å². The minimum absolute atomic E-state index is 0.0608. The Balaban J connectivity index is 1.44. The number of nitrogens with zero attached hydrogens (tertiary/aromatic N) is 5. The van der Waals surface area contributed by atoms with Crippen molar-refractivity contribution in [3.8, 4) is 0 Å². The van der Waals surface area contributed by atoms with Crippen LogP contribution in [0.2, 0.25) is 0 Å². The Morgan fingerprint density at radius 1 is 1.18 bits per heavy atom. The van der Waals surface area contributed by atoms with E-state index in [4.69, 9.17) is 0 Å². The maximum absolute atomic E-state index is 14.6. The number of benzene rings is 1. The highest BCUT2D eigenvalue weighted by Crippen LogP contribution is 2.23. The quantitative estimate of drug-likeness (QED) is 0.503. The largest absolute Gasteiger partial charge is 0.396 e. The topological polar surface area (TPSA) is 124 Å². The highest BCUT2D eigenvalue weighted by atomic mass is 19.1. The number of hydrogen-bond donors (Lipinski definition) is 3. The van der Waals surface area contributed by atoms with Crippen LogP contribution >= 0.6 is 0 Å². The van der Waals surface area contributed by atoms with E-state index in [0.717, 1.165) is 31.5 Å². The van der Waals surface area contributed by atoms with E-state index in [2.05, 4.69) is 25.7 Å². The maximum atomic E-state index is 14.6. The SMILES string of the molecule is CC1=C(/C(=O)Nc2cc(NC(=O)CN3CCC(CO)CC3)ccc2F)C=NC(C)\C=C(c2cnn(C)c2)/N=C\1. The Hall–Kier alpha value is -3.96. The minimum atomic E-state index is -0.631. The number of rotatable bonds is 7. The number of aromatic nitrogens is 2. The molecule has 1 aromatic heterocycles. The lowest BCUT2D eigenvalue weighted by Gasteiger charge is -2.30. The van der Waals surface area contributed by atoms with Gasteiger partial charge in [0, 0.05) is 43.5 Å². The van der Waals surface area contributed by atoms with Crippen LogP contribution in [-0.2, 0) is 16.6 Å². The molecule has 0 aliphatic carbocycles. The van der Waals surface area contributed by atoms with Crippen molar-refractivity contribution in [3.63, 3.8) is 0 Å². The molecule has 1 atom stereocenters. The number of hydrogen-bond acceptors (Lipinski definition) is 7. The van der Waals surface area contributed by atoms with Crippen LogP contribution in [-0.4, -0.2) is 76.3 Å². The molecule has 2 aliphatic heterocycles. The number of aliphatic hydroxyl groups is 1. The lowest BCUT2D eigenvalue weighted by Crippen LogP contribution is -2.39. The number of aryl methyl sites for hydroxylation is 1. The average Bonchev–Trinajstić information content (AvgIpc) is 3.36. The molecule has 3 heterocycles. The van der Waals surface area contributed by atoms with Gasteiger partial charge >= 0.3 is 0 Å². The van der Waals surface area contributed by atoms with Crippen LogP contribution in [0.5, 0.6) is 0 Å². The van der Waals surface area contributed by atoms with Crippen molar-refractivity contribution in [2.75, 3.05) is 36.9 Å². The monoisotopic (exact) mass is 535 g/mol. The first-order chi connectivity index (χ1) is 18.7. The lowest BCUT2D eigenvalue weighted by molar-refractivity contribution is -0.117. The van der Waals surface area contributed by atoms with Crippen molar-refractivity contribution >= 4 is 41.3 Å². The molecule has 0 bridgehead atoms. The summed E-state index contributed by atoms with van der Waals surface area (Å²) in [5, 5.41) is 18.9. The molecule has 39 heavy (non-hydrogen) atoms. The molecule has 1 aromatic carbocycles. The van der Waals surface area contributed by atoms with Crippen LogP contribution in [0.4, 0.5) is 15.8 Å². The molecule has 1 saturated heterocycles. The number of allylic oxidation sites excluding steroid dienone is 1. The summed E-state index contributed by atoms with van der Waals surface area (Å²) in [4.78, 5) is 36.8. The average molecular weight is 536 g/mol. The molecule has 1 unspecified atom stereocenters. The molecule has 2 aliphatic rings. The van der Waals surface area contributed by atoms with E-state index in [1.54, 1.807) is 24.0 Å². The summed E-state index contributed by atoms with van der Waals surface area (Å²) in [6.07, 6.45) is 10.2. The fourth-order valence-electron chi connectivity index (χ4n) is 4.43. The van der Waals surface area contributed by atoms with E-state index in [1.807, 2.05) is 31.1 Å². The van der Waals surface area contributed by atoms with Crippen molar-refractivity contribution < 1.29 is 19.1 Å². The summed E-state index contributed by atoms with van der Waals surface area (Å²) in [5.74, 6) is -1.12. The molecule has 4 rings (SSSR count). The summed E-state index contributed by atoms with van der Waals surface area (Å²) in [6, 6.07) is 3.77. The Kier molecular flexibility index (Phi) is 9.15. The fraction of sp³-hybridized carbons (Fsp3) is 0.393. The number of carbonyl (C=O) groups is 2. The summed E-state index contributed by atoms with van der Waals surface area (Å²) >= 11 is 0. The highest BCUT2D eigenvalue weighted by Gasteiger charge is 2.21. The van der Waals surface area contributed by atoms with Crippen molar-refractivity contribution in [2.45, 2.75) is 32.7 Å². The van der Waals surface area contributed by atoms with E-state index in [1.165, 1.54) is 24.4 Å². The molecular formula is C28H34FN7O3. The molecule has 206 valence electrons. The Labute approximate surface area is 227 Å². The van der Waals surface area contributed by atoms with E-state index < -0.39 is 11.7 Å². The number of piperidine rings is 1. The van der Waals surface area contributed by atoms with E-state index >= 15 is 0 Å². The molecule has 2 amide bonds. The molecular weight excluding hydrogens is 501 g/mol. The molecule has 0 spiro atoms. The summed E-state index contributed by atoms with van der Waals surface area (Å²) in [6.45, 7) is 5.45. The van der Waals surface area contributed by atoms with Gasteiger partial charge in [0.15, 0.2) is 0 Å². The second-order valence-electron chi connectivity index (χ2n) is 9.93. The number of nitrogens with one attached hydrogen (secondary N) is 2. The van der Waals surface area contributed by atoms with Crippen LogP contribution in [0.1, 0.15) is 32.3 Å². The third-order valence-electron chi connectivity index (χ3n) is 6.74. The number of amides is 2. The van der Waals surface area contributed by atoms with Crippen LogP contribution in [0.25, 0.3) is 5.70 Å². The van der Waals surface area contributed by atoms with Crippen molar-refractivity contribution in [3.05, 3.63) is 59.2 Å². The summed E-state index contributed by atoms with van der Waals surface area (Å²) < 4.78 is 16.3. The molecule has 10 nitrogen and oxygen atoms in total. The molecule has 11 heteroatoms. The number of anilines is 2. The first kappa shape index (κ1) is 28.1. The van der Waals surface area contributed by atoms with E-state index in [-0.39, 0.29) is 42.3 Å². The second-order valence-corrected chi connectivity index (χ2v) is 9.93. The zero-order valence-electron chi connectivity index (χ0n) is 22.4. The smallest absolute Gasteiger partial charge is 0.257 e. The van der Waals surface area contributed by atoms with Gasteiger partial charge in [0.05, 0.1) is 35.7 Å². The van der Waals surface area contributed by atoms with Crippen molar-refractivity contribution in [1.29, 1.82) is 0 Å². The van der Waals surface area contributed by atoms with Gasteiger partial charge in [-0.15, -0.1) is 0 Å². The van der Waals surface area contributed by atoms with E-state index in [9.17, 15) is 19.1 Å². The third-order valence-corrected chi connectivity index (χ3v) is 6.74. The van der Waals surface area contributed by atoms with Gasteiger partial charge in [-0.3, -0.25) is 29.2 Å². The fourth-order valence-corrected chi connectivity index (χ4v) is 4.43. The van der Waals surface area contributed by atoms with Gasteiger partial charge in [0.1, 0.15) is 5.82 Å². The Morgan fingerprint density at radius 3 is 2.64 bits per heavy atom. The van der Waals surface area contributed by atoms with Crippen molar-refractivity contribution in [1.82, 2.24) is 14.7 Å². The second kappa shape index (κ2) is 12.7. The normalized spacial score (nSPS) is 22.8. The van der Waals surface area contributed by atoms with Gasteiger partial charge < -0.3 is 15.7 Å². The van der Waals surface area contributed by atoms with Gasteiger partial charge in [-0.25, -0.2) is 4.39 Å². The Bertz CT molecular complexity index is 1340. The zero-order valence-corrected chi connectivity index (χ0v) is 22.4. The number of aliphatic hydroxyl groups excluding tert-OH is 1. The van der Waals surface area contributed by atoms with Gasteiger partial charge in [0.25, 0.3) is 5.91 Å². The van der Waals surface area contributed by atoms with Crippen LogP contribution < -0.4 is 10.6 Å². The number of carbonyl (C=O) groups excluding carboxylic acids is 2. The number of halogens is 1. The highest BCUT2D eigenvalue weighted by molar-refractivity contribution is 6.21. The lowest BCUT2D eigenvalue weighted by atomic mass is 9.98. The van der Waals surface area contributed by atoms with Crippen LogP contribution in [0, 0.1) is 11.7 Å². The molecule has 1 fully saturated rings. The summed E-state index contributed by atoms with van der Waals surface area (Å²) in [7, 11) is 1.82. The van der Waals surface area contributed by atoms with Crippen molar-refractivity contribution in [2.24, 2.45) is 23.0 Å². The number of likely N-dealkylation sites (tertiary alicyclic amines) is 1. The van der Waals surface area contributed by atoms with Gasteiger partial charge in [-0.2, -0.15) is 5.10 Å². The van der Waals surface area contributed by atoms with E-state index in [0.29, 0.717) is 17.0 Å². The van der Waals surface area contributed by atoms with Crippen LogP contribution in [0.15, 0.2) is 57.8 Å². The third kappa shape index (κ3) is 7.55. The molecule has 0 radical (unpaired) electrons. The minimum Gasteiger partial charge on any atom is -0.396 e. The van der Waals surface area contributed by atoms with Gasteiger partial charge in [-0.05, 0) is 75.5 Å². The molecule has 3 N–H and O–H groups in total. The first-order valence-electron chi connectivity index (χ1n) is 12.9.